The number of aromatic nitrogens is 2. The van der Waals surface area contributed by atoms with E-state index in [0.29, 0.717) is 5.88 Å². The van der Waals surface area contributed by atoms with Crippen molar-refractivity contribution in [1.82, 2.24) is 10.2 Å². The van der Waals surface area contributed by atoms with Crippen molar-refractivity contribution in [3.8, 4) is 5.88 Å². The number of methoxy groups -OCH3 is 1. The summed E-state index contributed by atoms with van der Waals surface area (Å²) in [5, 5.41) is 8.07. The number of nitrogens with two attached hydrogens (primary N) is 1. The van der Waals surface area contributed by atoms with Crippen molar-refractivity contribution in [3.63, 3.8) is 0 Å². The molecule has 4 nitrogen and oxygen atoms in total. The Bertz CT molecular complexity index is 561. The van der Waals surface area contributed by atoms with Gasteiger partial charge in [-0.2, -0.15) is 0 Å². The molecule has 3 rings (SSSR count). The summed E-state index contributed by atoms with van der Waals surface area (Å²) < 4.78 is 5.00. The average Bonchev–Trinajstić information content (AvgIpc) is 2.46. The summed E-state index contributed by atoms with van der Waals surface area (Å²) >= 11 is 0. The van der Waals surface area contributed by atoms with Gasteiger partial charge in [0.2, 0.25) is 5.88 Å². The van der Waals surface area contributed by atoms with E-state index in [0.717, 1.165) is 17.2 Å². The van der Waals surface area contributed by atoms with Crippen molar-refractivity contribution < 1.29 is 4.74 Å². The summed E-state index contributed by atoms with van der Waals surface area (Å²) in [6.07, 6.45) is 3.98. The van der Waals surface area contributed by atoms with Crippen molar-refractivity contribution in [2.45, 2.75) is 31.2 Å². The number of hydrogen-bond acceptors (Lipinski definition) is 4. The molecule has 1 saturated carbocycles. The van der Waals surface area contributed by atoms with E-state index in [9.17, 15) is 0 Å². The summed E-state index contributed by atoms with van der Waals surface area (Å²) in [6.45, 7) is 0. The number of benzene rings is 1. The first-order valence-corrected chi connectivity index (χ1v) is 7.01. The molecule has 1 fully saturated rings. The van der Waals surface area contributed by atoms with Gasteiger partial charge in [0.25, 0.3) is 0 Å². The Balaban J connectivity index is 1.76. The summed E-state index contributed by atoms with van der Waals surface area (Å²) in [4.78, 5) is 0. The minimum absolute atomic E-state index is 0.246. The molecule has 2 N–H and O–H groups in total. The SMILES string of the molecule is COc1ccc(C(N)c2ccc(C3CCC3)cc2)nn1. The van der Waals surface area contributed by atoms with Crippen LogP contribution in [0.5, 0.6) is 5.88 Å². The number of hydrogen-bond donors (Lipinski definition) is 1. The van der Waals surface area contributed by atoms with Crippen LogP contribution in [0.4, 0.5) is 0 Å². The van der Waals surface area contributed by atoms with E-state index in [-0.39, 0.29) is 6.04 Å². The van der Waals surface area contributed by atoms with Gasteiger partial charge in [0.05, 0.1) is 18.8 Å². The highest BCUT2D eigenvalue weighted by molar-refractivity contribution is 5.32. The predicted octanol–water partition coefficient (Wildman–Crippen LogP) is 2.80. The zero-order chi connectivity index (χ0) is 13.9. The van der Waals surface area contributed by atoms with Gasteiger partial charge in [0, 0.05) is 6.07 Å². The van der Waals surface area contributed by atoms with Crippen LogP contribution in [-0.2, 0) is 0 Å². The smallest absolute Gasteiger partial charge is 0.233 e. The molecule has 0 aliphatic heterocycles. The molecule has 4 heteroatoms. The molecule has 1 aliphatic rings. The quantitative estimate of drug-likeness (QED) is 0.927. The summed E-state index contributed by atoms with van der Waals surface area (Å²) in [7, 11) is 1.57. The Kier molecular flexibility index (Phi) is 3.65. The molecule has 20 heavy (non-hydrogen) atoms. The lowest BCUT2D eigenvalue weighted by molar-refractivity contribution is 0.390. The minimum Gasteiger partial charge on any atom is -0.480 e. The maximum Gasteiger partial charge on any atom is 0.233 e. The van der Waals surface area contributed by atoms with Crippen LogP contribution in [0.1, 0.15) is 48.0 Å². The zero-order valence-electron chi connectivity index (χ0n) is 11.6. The Hall–Kier alpha value is -1.94. The fourth-order valence-corrected chi connectivity index (χ4v) is 2.49. The van der Waals surface area contributed by atoms with Crippen molar-refractivity contribution in [2.24, 2.45) is 5.73 Å². The van der Waals surface area contributed by atoms with E-state index in [1.165, 1.54) is 24.8 Å². The third kappa shape index (κ3) is 2.51. The third-order valence-electron chi connectivity index (χ3n) is 4.06. The Morgan fingerprint density at radius 2 is 1.85 bits per heavy atom. The number of nitrogens with zero attached hydrogens (tertiary/aromatic N) is 2. The first kappa shape index (κ1) is 13.1. The number of ether oxygens (including phenoxy) is 1. The van der Waals surface area contributed by atoms with Crippen LogP contribution in [0.15, 0.2) is 36.4 Å². The molecule has 1 aromatic carbocycles. The van der Waals surface area contributed by atoms with E-state index >= 15 is 0 Å². The molecule has 1 heterocycles. The fraction of sp³-hybridized carbons (Fsp3) is 0.375. The molecule has 1 aromatic heterocycles. The lowest BCUT2D eigenvalue weighted by atomic mass is 9.80. The molecule has 0 bridgehead atoms. The maximum absolute atomic E-state index is 6.24. The van der Waals surface area contributed by atoms with Crippen LogP contribution < -0.4 is 10.5 Å². The van der Waals surface area contributed by atoms with Crippen LogP contribution in [0, 0.1) is 0 Å². The van der Waals surface area contributed by atoms with Gasteiger partial charge >= 0.3 is 0 Å². The normalized spacial score (nSPS) is 16.5. The first-order valence-electron chi connectivity index (χ1n) is 7.01. The number of rotatable bonds is 4. The van der Waals surface area contributed by atoms with Crippen molar-refractivity contribution in [2.75, 3.05) is 7.11 Å². The van der Waals surface area contributed by atoms with Crippen molar-refractivity contribution in [1.29, 1.82) is 0 Å². The van der Waals surface area contributed by atoms with Gasteiger partial charge in [-0.25, -0.2) is 0 Å². The Labute approximate surface area is 119 Å². The molecule has 1 atom stereocenters. The molecule has 0 spiro atoms. The molecular weight excluding hydrogens is 250 g/mol. The average molecular weight is 269 g/mol. The standard InChI is InChI=1S/C16H19N3O/c1-20-15-10-9-14(18-19-15)16(17)13-7-5-12(6-8-13)11-3-2-4-11/h5-11,16H,2-4,17H2,1H3. The van der Waals surface area contributed by atoms with Gasteiger partial charge in [-0.1, -0.05) is 30.7 Å². The van der Waals surface area contributed by atoms with Crippen molar-refractivity contribution >= 4 is 0 Å². The van der Waals surface area contributed by atoms with Crippen LogP contribution >= 0.6 is 0 Å². The molecule has 0 saturated heterocycles. The molecule has 104 valence electrons. The second-order valence-corrected chi connectivity index (χ2v) is 5.27. The lowest BCUT2D eigenvalue weighted by Gasteiger charge is -2.26. The molecule has 1 aliphatic carbocycles. The first-order chi connectivity index (χ1) is 9.78. The molecule has 2 aromatic rings. The van der Waals surface area contributed by atoms with Crippen LogP contribution in [0.3, 0.4) is 0 Å². The van der Waals surface area contributed by atoms with E-state index in [2.05, 4.69) is 34.5 Å². The summed E-state index contributed by atoms with van der Waals surface area (Å²) in [5.74, 6) is 1.25. The molecule has 0 radical (unpaired) electrons. The second-order valence-electron chi connectivity index (χ2n) is 5.27. The Morgan fingerprint density at radius 1 is 1.10 bits per heavy atom. The zero-order valence-corrected chi connectivity index (χ0v) is 11.6. The van der Waals surface area contributed by atoms with Crippen molar-refractivity contribution in [3.05, 3.63) is 53.2 Å². The topological polar surface area (TPSA) is 61.0 Å². The molecular formula is C16H19N3O. The van der Waals surface area contributed by atoms with E-state index in [4.69, 9.17) is 10.5 Å². The highest BCUT2D eigenvalue weighted by Crippen LogP contribution is 2.36. The van der Waals surface area contributed by atoms with Gasteiger partial charge in [0.15, 0.2) is 0 Å². The predicted molar refractivity (Wildman–Crippen MR) is 77.6 cm³/mol. The highest BCUT2D eigenvalue weighted by Gasteiger charge is 2.19. The largest absolute Gasteiger partial charge is 0.480 e. The fourth-order valence-electron chi connectivity index (χ4n) is 2.49. The molecule has 1 unspecified atom stereocenters. The van der Waals surface area contributed by atoms with E-state index < -0.39 is 0 Å². The van der Waals surface area contributed by atoms with E-state index in [1.807, 2.05) is 6.07 Å². The van der Waals surface area contributed by atoms with Gasteiger partial charge in [-0.15, -0.1) is 10.2 Å². The monoisotopic (exact) mass is 269 g/mol. The van der Waals surface area contributed by atoms with Crippen LogP contribution in [-0.4, -0.2) is 17.3 Å². The minimum atomic E-state index is -0.246. The Morgan fingerprint density at radius 3 is 2.35 bits per heavy atom. The highest BCUT2D eigenvalue weighted by atomic mass is 16.5. The van der Waals surface area contributed by atoms with Gasteiger partial charge < -0.3 is 10.5 Å². The maximum atomic E-state index is 6.24. The van der Waals surface area contributed by atoms with Gasteiger partial charge in [0.1, 0.15) is 0 Å². The van der Waals surface area contributed by atoms with E-state index in [1.54, 1.807) is 13.2 Å². The lowest BCUT2D eigenvalue weighted by Crippen LogP contribution is -2.15. The summed E-state index contributed by atoms with van der Waals surface area (Å²) in [6, 6.07) is 12.0. The third-order valence-corrected chi connectivity index (χ3v) is 4.06. The van der Waals surface area contributed by atoms with Gasteiger partial charge in [-0.3, -0.25) is 0 Å². The van der Waals surface area contributed by atoms with Crippen LogP contribution in [0.25, 0.3) is 0 Å². The second kappa shape index (κ2) is 5.59. The van der Waals surface area contributed by atoms with Crippen LogP contribution in [0.2, 0.25) is 0 Å². The van der Waals surface area contributed by atoms with Gasteiger partial charge in [-0.05, 0) is 36.0 Å². The molecule has 0 amide bonds. The summed E-state index contributed by atoms with van der Waals surface area (Å²) in [5.41, 5.74) is 9.48.